The van der Waals surface area contributed by atoms with E-state index in [2.05, 4.69) is 5.10 Å². The lowest BCUT2D eigenvalue weighted by Crippen LogP contribution is -2.03. The van der Waals surface area contributed by atoms with E-state index in [0.717, 1.165) is 17.8 Å². The molecule has 0 aliphatic carbocycles. The minimum Gasteiger partial charge on any atom is -0.487 e. The van der Waals surface area contributed by atoms with Crippen molar-refractivity contribution in [2.24, 2.45) is 7.05 Å². The Bertz CT molecular complexity index is 674. The van der Waals surface area contributed by atoms with Crippen molar-refractivity contribution in [3.63, 3.8) is 0 Å². The fourth-order valence-electron chi connectivity index (χ4n) is 1.80. The molecule has 1 heterocycles. The molecule has 0 unspecified atom stereocenters. The molecule has 1 aromatic carbocycles. The number of aryl methyl sites for hydroxylation is 2. The van der Waals surface area contributed by atoms with Gasteiger partial charge in [0.05, 0.1) is 27.0 Å². The largest absolute Gasteiger partial charge is 0.487 e. The molecule has 0 atom stereocenters. The fraction of sp³-hybridized carbons (Fsp3) is 0.286. The van der Waals surface area contributed by atoms with E-state index >= 15 is 0 Å². The van der Waals surface area contributed by atoms with Crippen molar-refractivity contribution >= 4 is 23.2 Å². The van der Waals surface area contributed by atoms with Crippen LogP contribution in [0.2, 0.25) is 10.0 Å². The zero-order valence-electron chi connectivity index (χ0n) is 11.2. The van der Waals surface area contributed by atoms with Crippen LogP contribution in [0.4, 0.5) is 0 Å². The average molecular weight is 310 g/mol. The Morgan fingerprint density at radius 3 is 2.70 bits per heavy atom. The van der Waals surface area contributed by atoms with E-state index in [-0.39, 0.29) is 0 Å². The molecule has 0 radical (unpaired) electrons. The third-order valence-corrected chi connectivity index (χ3v) is 3.69. The highest BCUT2D eigenvalue weighted by molar-refractivity contribution is 6.32. The van der Waals surface area contributed by atoms with Gasteiger partial charge in [-0.15, -0.1) is 0 Å². The summed E-state index contributed by atoms with van der Waals surface area (Å²) < 4.78 is 7.37. The quantitative estimate of drug-likeness (QED) is 0.864. The molecule has 0 N–H and O–H groups in total. The Balaban J connectivity index is 2.15. The third-order valence-electron chi connectivity index (χ3n) is 2.94. The second-order valence-corrected chi connectivity index (χ2v) is 5.01. The van der Waals surface area contributed by atoms with Gasteiger partial charge in [0.1, 0.15) is 18.4 Å². The Hall–Kier alpha value is -1.70. The number of aromatic nitrogens is 2. The molecular weight excluding hydrogens is 297 g/mol. The molecule has 0 aliphatic heterocycles. The monoisotopic (exact) mass is 309 g/mol. The molecule has 1 aromatic heterocycles. The van der Waals surface area contributed by atoms with Gasteiger partial charge in [-0.2, -0.15) is 10.4 Å². The summed E-state index contributed by atoms with van der Waals surface area (Å²) in [4.78, 5) is 0. The van der Waals surface area contributed by atoms with Crippen LogP contribution < -0.4 is 4.74 Å². The van der Waals surface area contributed by atoms with Gasteiger partial charge < -0.3 is 4.74 Å². The van der Waals surface area contributed by atoms with Crippen LogP contribution in [-0.2, 0) is 20.1 Å². The molecule has 0 amide bonds. The van der Waals surface area contributed by atoms with Crippen LogP contribution in [-0.4, -0.2) is 9.78 Å². The van der Waals surface area contributed by atoms with E-state index < -0.39 is 0 Å². The van der Waals surface area contributed by atoms with Gasteiger partial charge in [-0.3, -0.25) is 4.68 Å². The van der Waals surface area contributed by atoms with Crippen molar-refractivity contribution < 1.29 is 4.74 Å². The third kappa shape index (κ3) is 2.90. The van der Waals surface area contributed by atoms with E-state index in [1.54, 1.807) is 22.9 Å². The second kappa shape index (κ2) is 6.17. The summed E-state index contributed by atoms with van der Waals surface area (Å²) in [5.74, 6) is 0.587. The van der Waals surface area contributed by atoms with Crippen LogP contribution in [0, 0.1) is 11.3 Å². The first-order valence-corrected chi connectivity index (χ1v) is 6.85. The first kappa shape index (κ1) is 14.7. The number of halogens is 2. The predicted octanol–water partition coefficient (Wildman–Crippen LogP) is 3.74. The van der Waals surface area contributed by atoms with Crippen LogP contribution in [0.15, 0.2) is 18.2 Å². The highest BCUT2D eigenvalue weighted by Crippen LogP contribution is 2.25. The zero-order chi connectivity index (χ0) is 14.7. The molecule has 104 valence electrons. The fourth-order valence-corrected chi connectivity index (χ4v) is 2.37. The highest BCUT2D eigenvalue weighted by atomic mass is 35.5. The Morgan fingerprint density at radius 2 is 2.15 bits per heavy atom. The van der Waals surface area contributed by atoms with Gasteiger partial charge in [0.2, 0.25) is 0 Å². The number of rotatable bonds is 4. The average Bonchev–Trinajstić information content (AvgIpc) is 2.71. The van der Waals surface area contributed by atoms with Crippen molar-refractivity contribution in [3.05, 3.63) is 45.2 Å². The smallest absolute Gasteiger partial charge is 0.131 e. The Labute approximate surface area is 127 Å². The lowest BCUT2D eigenvalue weighted by Gasteiger charge is -2.07. The SMILES string of the molecule is CCc1nn(C)c(COc2ccc(C#N)c(Cl)c2)c1Cl. The number of benzene rings is 1. The summed E-state index contributed by atoms with van der Waals surface area (Å²) in [7, 11) is 1.83. The van der Waals surface area contributed by atoms with Crippen LogP contribution in [0.3, 0.4) is 0 Å². The summed E-state index contributed by atoms with van der Waals surface area (Å²) in [6.45, 7) is 2.30. The molecule has 0 saturated heterocycles. The van der Waals surface area contributed by atoms with E-state index in [1.807, 2.05) is 20.0 Å². The van der Waals surface area contributed by atoms with Crippen molar-refractivity contribution in [2.45, 2.75) is 20.0 Å². The molecule has 0 saturated carbocycles. The van der Waals surface area contributed by atoms with E-state index in [4.69, 9.17) is 33.2 Å². The normalized spacial score (nSPS) is 10.3. The maximum Gasteiger partial charge on any atom is 0.131 e. The maximum atomic E-state index is 8.82. The van der Waals surface area contributed by atoms with Gasteiger partial charge in [0.25, 0.3) is 0 Å². The van der Waals surface area contributed by atoms with Crippen molar-refractivity contribution in [1.82, 2.24) is 9.78 Å². The Kier molecular flexibility index (Phi) is 4.53. The molecule has 2 aromatic rings. The van der Waals surface area contributed by atoms with Crippen molar-refractivity contribution in [3.8, 4) is 11.8 Å². The van der Waals surface area contributed by atoms with Gasteiger partial charge in [-0.1, -0.05) is 30.1 Å². The summed E-state index contributed by atoms with van der Waals surface area (Å²) in [6.07, 6.45) is 0.773. The molecular formula is C14H13Cl2N3O. The van der Waals surface area contributed by atoms with E-state index in [1.165, 1.54) is 0 Å². The molecule has 0 aliphatic rings. The summed E-state index contributed by atoms with van der Waals surface area (Å²) >= 11 is 12.2. The second-order valence-electron chi connectivity index (χ2n) is 4.23. The van der Waals surface area contributed by atoms with Gasteiger partial charge in [-0.05, 0) is 18.6 Å². The lowest BCUT2D eigenvalue weighted by atomic mass is 10.2. The standard InChI is InChI=1S/C14H13Cl2N3O/c1-3-12-14(16)13(19(2)18-12)8-20-10-5-4-9(7-17)11(15)6-10/h4-6H,3,8H2,1-2H3. The molecule has 6 heteroatoms. The molecule has 0 bridgehead atoms. The number of hydrogen-bond acceptors (Lipinski definition) is 3. The Morgan fingerprint density at radius 1 is 1.40 bits per heavy atom. The summed E-state index contributed by atoms with van der Waals surface area (Å²) in [6, 6.07) is 6.95. The van der Waals surface area contributed by atoms with Gasteiger partial charge in [0, 0.05) is 13.1 Å². The van der Waals surface area contributed by atoms with Gasteiger partial charge in [-0.25, -0.2) is 0 Å². The van der Waals surface area contributed by atoms with Crippen LogP contribution in [0.5, 0.6) is 5.75 Å². The van der Waals surface area contributed by atoms with E-state index in [0.29, 0.717) is 28.0 Å². The van der Waals surface area contributed by atoms with Crippen LogP contribution in [0.1, 0.15) is 23.9 Å². The van der Waals surface area contributed by atoms with E-state index in [9.17, 15) is 0 Å². The molecule has 0 fully saturated rings. The van der Waals surface area contributed by atoms with Gasteiger partial charge >= 0.3 is 0 Å². The van der Waals surface area contributed by atoms with Crippen molar-refractivity contribution in [2.75, 3.05) is 0 Å². The number of hydrogen-bond donors (Lipinski definition) is 0. The topological polar surface area (TPSA) is 50.8 Å². The zero-order valence-corrected chi connectivity index (χ0v) is 12.7. The molecule has 4 nitrogen and oxygen atoms in total. The van der Waals surface area contributed by atoms with Crippen LogP contribution >= 0.6 is 23.2 Å². The number of nitriles is 1. The lowest BCUT2D eigenvalue weighted by molar-refractivity contribution is 0.295. The molecule has 0 spiro atoms. The minimum absolute atomic E-state index is 0.296. The minimum atomic E-state index is 0.296. The number of nitrogens with zero attached hydrogens (tertiary/aromatic N) is 3. The molecule has 2 rings (SSSR count). The first-order valence-electron chi connectivity index (χ1n) is 6.09. The maximum absolute atomic E-state index is 8.82. The predicted molar refractivity (Wildman–Crippen MR) is 78.1 cm³/mol. The van der Waals surface area contributed by atoms with Gasteiger partial charge in [0.15, 0.2) is 0 Å². The van der Waals surface area contributed by atoms with Crippen molar-refractivity contribution in [1.29, 1.82) is 5.26 Å². The van der Waals surface area contributed by atoms with Crippen LogP contribution in [0.25, 0.3) is 0 Å². The molecule has 20 heavy (non-hydrogen) atoms. The summed E-state index contributed by atoms with van der Waals surface area (Å²) in [5, 5.41) is 14.1. The highest BCUT2D eigenvalue weighted by Gasteiger charge is 2.13. The summed E-state index contributed by atoms with van der Waals surface area (Å²) in [5.41, 5.74) is 2.08. The first-order chi connectivity index (χ1) is 9.56. The number of ether oxygens (including phenoxy) is 1.